The fourth-order valence-corrected chi connectivity index (χ4v) is 5.08. The number of aromatic nitrogens is 2. The molecule has 3 aromatic heterocycles. The summed E-state index contributed by atoms with van der Waals surface area (Å²) in [5, 5.41) is 9.96. The van der Waals surface area contributed by atoms with E-state index in [-0.39, 0.29) is 23.7 Å². The molecule has 32 heavy (non-hydrogen) atoms. The molecule has 1 aliphatic rings. The van der Waals surface area contributed by atoms with Crippen molar-refractivity contribution in [3.05, 3.63) is 92.9 Å². The largest absolute Gasteiger partial charge is 0.469 e. The van der Waals surface area contributed by atoms with Crippen molar-refractivity contribution in [3.8, 4) is 21.6 Å². The number of nitriles is 1. The number of aryl methyl sites for hydroxylation is 2. The van der Waals surface area contributed by atoms with Crippen LogP contribution >= 0.6 is 11.3 Å². The molecule has 0 saturated heterocycles. The lowest BCUT2D eigenvalue weighted by Crippen LogP contribution is -2.31. The first kappa shape index (κ1) is 20.2. The molecule has 0 bridgehead atoms. The Bertz CT molecular complexity index is 1450. The minimum absolute atomic E-state index is 0.0588. The molecule has 0 N–H and O–H groups in total. The summed E-state index contributed by atoms with van der Waals surface area (Å²) in [6, 6.07) is 13.2. The number of fused-ring (bicyclic) bond motifs is 1. The van der Waals surface area contributed by atoms with E-state index in [0.717, 1.165) is 10.4 Å². The van der Waals surface area contributed by atoms with Crippen LogP contribution in [0.4, 0.5) is 0 Å². The number of carbonyl (C=O) groups is 1. The third-order valence-corrected chi connectivity index (χ3v) is 7.05. The molecule has 0 radical (unpaired) electrons. The zero-order valence-electron chi connectivity index (χ0n) is 17.6. The number of nitrogens with zero attached hydrogens (tertiary/aromatic N) is 3. The van der Waals surface area contributed by atoms with Crippen molar-refractivity contribution < 1.29 is 9.21 Å². The highest BCUT2D eigenvalue weighted by molar-refractivity contribution is 7.17. The summed E-state index contributed by atoms with van der Waals surface area (Å²) in [6.45, 7) is 4.11. The Kier molecular flexibility index (Phi) is 4.87. The SMILES string of the molecule is Cc1ccc(-c2cnc(-n3c4c(cc(C#N)c3=O)C(=O)CC(c3ccco3)C4)s2)cc1C. The Morgan fingerprint density at radius 3 is 2.72 bits per heavy atom. The molecule has 1 aliphatic carbocycles. The number of rotatable bonds is 3. The molecule has 7 heteroatoms. The Morgan fingerprint density at radius 1 is 1.16 bits per heavy atom. The summed E-state index contributed by atoms with van der Waals surface area (Å²) in [4.78, 5) is 31.6. The molecule has 1 aromatic carbocycles. The minimum Gasteiger partial charge on any atom is -0.469 e. The van der Waals surface area contributed by atoms with Crippen LogP contribution in [0.2, 0.25) is 0 Å². The molecule has 4 aromatic rings. The fraction of sp³-hybridized carbons (Fsp3) is 0.200. The predicted octanol–water partition coefficient (Wildman–Crippen LogP) is 4.96. The molecule has 0 spiro atoms. The van der Waals surface area contributed by atoms with Gasteiger partial charge in [-0.15, -0.1) is 0 Å². The van der Waals surface area contributed by atoms with Gasteiger partial charge in [-0.05, 0) is 55.2 Å². The van der Waals surface area contributed by atoms with Crippen LogP contribution in [0.3, 0.4) is 0 Å². The summed E-state index contributed by atoms with van der Waals surface area (Å²) < 4.78 is 6.98. The van der Waals surface area contributed by atoms with Gasteiger partial charge >= 0.3 is 0 Å². The first-order valence-electron chi connectivity index (χ1n) is 10.3. The van der Waals surface area contributed by atoms with Crippen molar-refractivity contribution in [3.63, 3.8) is 0 Å². The maximum absolute atomic E-state index is 13.2. The molecule has 3 heterocycles. The Balaban J connectivity index is 1.66. The average molecular weight is 442 g/mol. The molecule has 1 unspecified atom stereocenters. The van der Waals surface area contributed by atoms with E-state index in [9.17, 15) is 14.9 Å². The van der Waals surface area contributed by atoms with Gasteiger partial charge < -0.3 is 4.42 Å². The van der Waals surface area contributed by atoms with E-state index in [1.807, 2.05) is 18.2 Å². The van der Waals surface area contributed by atoms with Gasteiger partial charge in [-0.2, -0.15) is 5.26 Å². The highest BCUT2D eigenvalue weighted by Crippen LogP contribution is 2.35. The van der Waals surface area contributed by atoms with Gasteiger partial charge in [0, 0.05) is 29.8 Å². The molecule has 0 saturated carbocycles. The monoisotopic (exact) mass is 441 g/mol. The van der Waals surface area contributed by atoms with Crippen LogP contribution in [0.1, 0.15) is 50.8 Å². The Morgan fingerprint density at radius 2 is 2.00 bits per heavy atom. The van der Waals surface area contributed by atoms with Crippen LogP contribution in [0, 0.1) is 25.2 Å². The average Bonchev–Trinajstić information content (AvgIpc) is 3.48. The number of ketones is 1. The number of pyridine rings is 1. The van der Waals surface area contributed by atoms with Crippen molar-refractivity contribution in [1.82, 2.24) is 9.55 Å². The van der Waals surface area contributed by atoms with E-state index < -0.39 is 5.56 Å². The summed E-state index contributed by atoms with van der Waals surface area (Å²) in [5.41, 5.74) is 3.86. The van der Waals surface area contributed by atoms with E-state index in [0.29, 0.717) is 28.6 Å². The summed E-state index contributed by atoms with van der Waals surface area (Å²) >= 11 is 1.37. The van der Waals surface area contributed by atoms with Crippen LogP contribution in [-0.4, -0.2) is 15.3 Å². The highest BCUT2D eigenvalue weighted by Gasteiger charge is 2.32. The smallest absolute Gasteiger partial charge is 0.275 e. The number of Topliss-reactive ketones (excluding diaryl/α,β-unsaturated/α-hetero) is 1. The van der Waals surface area contributed by atoms with Gasteiger partial charge in [-0.3, -0.25) is 14.2 Å². The lowest BCUT2D eigenvalue weighted by Gasteiger charge is -2.24. The van der Waals surface area contributed by atoms with Crippen LogP contribution in [0.5, 0.6) is 0 Å². The fourth-order valence-electron chi connectivity index (χ4n) is 4.14. The predicted molar refractivity (Wildman–Crippen MR) is 121 cm³/mol. The number of furan rings is 1. The van der Waals surface area contributed by atoms with Gasteiger partial charge in [0.2, 0.25) is 0 Å². The second-order valence-corrected chi connectivity index (χ2v) is 9.03. The summed E-state index contributed by atoms with van der Waals surface area (Å²) in [6.07, 6.45) is 4.04. The lowest BCUT2D eigenvalue weighted by molar-refractivity contribution is 0.0958. The van der Waals surface area contributed by atoms with E-state index in [1.165, 1.54) is 33.1 Å². The molecule has 6 nitrogen and oxygen atoms in total. The topological polar surface area (TPSA) is 88.9 Å². The van der Waals surface area contributed by atoms with Crippen LogP contribution in [0.25, 0.3) is 15.6 Å². The van der Waals surface area contributed by atoms with Crippen LogP contribution < -0.4 is 5.56 Å². The van der Waals surface area contributed by atoms with Crippen molar-refractivity contribution in [1.29, 1.82) is 5.26 Å². The third-order valence-electron chi connectivity index (χ3n) is 6.02. The second kappa shape index (κ2) is 7.74. The van der Waals surface area contributed by atoms with Gasteiger partial charge in [0.25, 0.3) is 5.56 Å². The van der Waals surface area contributed by atoms with Gasteiger partial charge in [-0.1, -0.05) is 29.5 Å². The normalized spacial score (nSPS) is 15.4. The molecule has 0 aliphatic heterocycles. The first-order chi connectivity index (χ1) is 15.5. The molecule has 5 rings (SSSR count). The number of benzene rings is 1. The molecular weight excluding hydrogens is 422 g/mol. The maximum atomic E-state index is 13.2. The zero-order chi connectivity index (χ0) is 22.4. The van der Waals surface area contributed by atoms with E-state index in [1.54, 1.807) is 18.5 Å². The van der Waals surface area contributed by atoms with Gasteiger partial charge in [0.1, 0.15) is 17.4 Å². The lowest BCUT2D eigenvalue weighted by atomic mass is 9.84. The van der Waals surface area contributed by atoms with Crippen LogP contribution in [-0.2, 0) is 6.42 Å². The first-order valence-corrected chi connectivity index (χ1v) is 11.1. The molecular formula is C25H19N3O3S. The minimum atomic E-state index is -0.458. The second-order valence-electron chi connectivity index (χ2n) is 8.02. The van der Waals surface area contributed by atoms with Gasteiger partial charge in [0.05, 0.1) is 11.1 Å². The van der Waals surface area contributed by atoms with E-state index in [2.05, 4.69) is 31.0 Å². The number of thiazole rings is 1. The van der Waals surface area contributed by atoms with E-state index >= 15 is 0 Å². The molecule has 0 fully saturated rings. The number of hydrogen-bond donors (Lipinski definition) is 0. The standard InChI is InChI=1S/C25H19N3O3S/c1-14-5-6-16(8-15(14)2)23-13-27-25(32-23)28-20-10-17(22-4-3-7-31-22)11-21(29)19(20)9-18(12-26)24(28)30/h3-9,13,17H,10-11H2,1-2H3. The maximum Gasteiger partial charge on any atom is 0.275 e. The van der Waals surface area contributed by atoms with Crippen molar-refractivity contribution in [2.75, 3.05) is 0 Å². The van der Waals surface area contributed by atoms with Crippen LogP contribution in [0.15, 0.2) is 58.1 Å². The van der Waals surface area contributed by atoms with Crippen molar-refractivity contribution >= 4 is 17.1 Å². The van der Waals surface area contributed by atoms with Gasteiger partial charge in [-0.25, -0.2) is 4.98 Å². The quantitative estimate of drug-likeness (QED) is 0.449. The molecule has 1 atom stereocenters. The third kappa shape index (κ3) is 3.29. The summed E-state index contributed by atoms with van der Waals surface area (Å²) in [5.74, 6) is 0.439. The van der Waals surface area contributed by atoms with Crippen molar-refractivity contribution in [2.24, 2.45) is 0 Å². The molecule has 158 valence electrons. The van der Waals surface area contributed by atoms with Gasteiger partial charge in [0.15, 0.2) is 10.9 Å². The Labute approximate surface area is 188 Å². The number of carbonyl (C=O) groups excluding carboxylic acids is 1. The summed E-state index contributed by atoms with van der Waals surface area (Å²) in [7, 11) is 0. The van der Waals surface area contributed by atoms with E-state index in [4.69, 9.17) is 4.42 Å². The highest BCUT2D eigenvalue weighted by atomic mass is 32.1. The molecule has 0 amide bonds. The zero-order valence-corrected chi connectivity index (χ0v) is 18.4. The number of hydrogen-bond acceptors (Lipinski definition) is 6. The Hall–Kier alpha value is -3.76. The van der Waals surface area contributed by atoms with Crippen molar-refractivity contribution in [2.45, 2.75) is 32.6 Å².